The molecular formula is C22H23N5O3. The third-order valence-corrected chi connectivity index (χ3v) is 5.83. The van der Waals surface area contributed by atoms with E-state index in [1.165, 1.54) is 12.4 Å². The van der Waals surface area contributed by atoms with Gasteiger partial charge in [0.25, 0.3) is 0 Å². The van der Waals surface area contributed by atoms with Crippen LogP contribution in [0.15, 0.2) is 43.4 Å². The van der Waals surface area contributed by atoms with E-state index in [1.807, 2.05) is 23.1 Å². The number of fused-ring (bicyclic) bond motifs is 2. The van der Waals surface area contributed by atoms with E-state index in [0.717, 1.165) is 59.6 Å². The number of hydrogen-bond acceptors (Lipinski definition) is 6. The molecule has 0 saturated carbocycles. The number of benzene rings is 1. The standard InChI is InChI=1S/C22H23N5O3/c1-2-19(28)26-7-3-4-14(9-26)10-27-11-16(20-21(23)24-12-25-22(20)27)15-5-6-17-18(8-15)30-13-29-17/h2,5-6,8,11-12,14H,1,3-4,7,9-10,13H2,(H2,23,24,25)/t14-/m0/s1. The van der Waals surface area contributed by atoms with Crippen LogP contribution in [0.5, 0.6) is 11.5 Å². The lowest BCUT2D eigenvalue weighted by molar-refractivity contribution is -0.127. The fraction of sp³-hybridized carbons (Fsp3) is 0.318. The average molecular weight is 405 g/mol. The first-order chi connectivity index (χ1) is 14.6. The van der Waals surface area contributed by atoms with E-state index in [9.17, 15) is 4.79 Å². The van der Waals surface area contributed by atoms with Gasteiger partial charge in [0, 0.05) is 31.4 Å². The number of carbonyl (C=O) groups excluding carboxylic acids is 1. The second-order valence-electron chi connectivity index (χ2n) is 7.72. The Labute approximate surface area is 173 Å². The summed E-state index contributed by atoms with van der Waals surface area (Å²) in [7, 11) is 0. The Bertz CT molecular complexity index is 1140. The Balaban J connectivity index is 1.51. The molecule has 1 atom stereocenters. The summed E-state index contributed by atoms with van der Waals surface area (Å²) < 4.78 is 13.1. The molecule has 0 radical (unpaired) electrons. The molecule has 154 valence electrons. The van der Waals surface area contributed by atoms with Gasteiger partial charge < -0.3 is 24.7 Å². The predicted molar refractivity (Wildman–Crippen MR) is 113 cm³/mol. The highest BCUT2D eigenvalue weighted by molar-refractivity contribution is 6.00. The van der Waals surface area contributed by atoms with Gasteiger partial charge in [0.15, 0.2) is 11.5 Å². The maximum absolute atomic E-state index is 12.0. The first kappa shape index (κ1) is 18.5. The Morgan fingerprint density at radius 1 is 1.30 bits per heavy atom. The third kappa shape index (κ3) is 3.14. The average Bonchev–Trinajstić information content (AvgIpc) is 3.38. The summed E-state index contributed by atoms with van der Waals surface area (Å²) in [5, 5.41) is 0.825. The van der Waals surface area contributed by atoms with Crippen LogP contribution in [0.3, 0.4) is 0 Å². The molecule has 1 fully saturated rings. The van der Waals surface area contributed by atoms with E-state index < -0.39 is 0 Å². The minimum Gasteiger partial charge on any atom is -0.454 e. The quantitative estimate of drug-likeness (QED) is 0.671. The van der Waals surface area contributed by atoms with E-state index in [1.54, 1.807) is 0 Å². The molecule has 3 aromatic rings. The smallest absolute Gasteiger partial charge is 0.245 e. The topological polar surface area (TPSA) is 95.5 Å². The predicted octanol–water partition coefficient (Wildman–Crippen LogP) is 2.83. The van der Waals surface area contributed by atoms with Crippen molar-refractivity contribution in [3.63, 3.8) is 0 Å². The number of ether oxygens (including phenoxy) is 2. The molecular weight excluding hydrogens is 382 g/mol. The van der Waals surface area contributed by atoms with Gasteiger partial charge >= 0.3 is 0 Å². The number of nitrogen functional groups attached to an aromatic ring is 1. The number of amides is 1. The highest BCUT2D eigenvalue weighted by atomic mass is 16.7. The van der Waals surface area contributed by atoms with Crippen LogP contribution in [0.2, 0.25) is 0 Å². The second-order valence-corrected chi connectivity index (χ2v) is 7.72. The van der Waals surface area contributed by atoms with E-state index in [0.29, 0.717) is 18.3 Å². The van der Waals surface area contributed by atoms with E-state index >= 15 is 0 Å². The van der Waals surface area contributed by atoms with Gasteiger partial charge in [-0.2, -0.15) is 0 Å². The van der Waals surface area contributed by atoms with Gasteiger partial charge in [-0.05, 0) is 42.5 Å². The fourth-order valence-corrected chi connectivity index (χ4v) is 4.39. The summed E-state index contributed by atoms with van der Waals surface area (Å²) >= 11 is 0. The summed E-state index contributed by atoms with van der Waals surface area (Å²) in [6, 6.07) is 5.85. The van der Waals surface area contributed by atoms with Gasteiger partial charge in [0.1, 0.15) is 17.8 Å². The lowest BCUT2D eigenvalue weighted by atomic mass is 9.98. The number of aromatic nitrogens is 3. The molecule has 0 aliphatic carbocycles. The Morgan fingerprint density at radius 3 is 3.03 bits per heavy atom. The van der Waals surface area contributed by atoms with E-state index in [2.05, 4.69) is 27.3 Å². The SMILES string of the molecule is C=CC(=O)N1CCC[C@H](Cn2cc(-c3ccc4c(c3)OCO4)c3c(N)ncnc32)C1. The molecule has 8 nitrogen and oxygen atoms in total. The number of nitrogens with zero attached hydrogens (tertiary/aromatic N) is 4. The van der Waals surface area contributed by atoms with Crippen LogP contribution in [0.25, 0.3) is 22.2 Å². The third-order valence-electron chi connectivity index (χ3n) is 5.83. The number of anilines is 1. The number of carbonyl (C=O) groups is 1. The van der Waals surface area contributed by atoms with Crippen molar-refractivity contribution in [1.82, 2.24) is 19.4 Å². The molecule has 4 heterocycles. The van der Waals surface area contributed by atoms with Crippen LogP contribution in [0.4, 0.5) is 5.82 Å². The van der Waals surface area contributed by atoms with Crippen LogP contribution in [-0.2, 0) is 11.3 Å². The number of piperidine rings is 1. The van der Waals surface area contributed by atoms with Crippen LogP contribution in [0, 0.1) is 5.92 Å². The van der Waals surface area contributed by atoms with Crippen molar-refractivity contribution in [2.75, 3.05) is 25.6 Å². The fourth-order valence-electron chi connectivity index (χ4n) is 4.39. The zero-order valence-corrected chi connectivity index (χ0v) is 16.6. The van der Waals surface area contributed by atoms with E-state index in [4.69, 9.17) is 15.2 Å². The highest BCUT2D eigenvalue weighted by Gasteiger charge is 2.25. The molecule has 0 unspecified atom stereocenters. The van der Waals surface area contributed by atoms with Crippen molar-refractivity contribution in [1.29, 1.82) is 0 Å². The molecule has 8 heteroatoms. The number of nitrogens with two attached hydrogens (primary N) is 1. The van der Waals surface area contributed by atoms with Crippen molar-refractivity contribution < 1.29 is 14.3 Å². The zero-order valence-electron chi connectivity index (χ0n) is 16.6. The summed E-state index contributed by atoms with van der Waals surface area (Å²) in [4.78, 5) is 22.6. The molecule has 2 aromatic heterocycles. The normalized spacial score (nSPS) is 18.0. The summed E-state index contributed by atoms with van der Waals surface area (Å²) in [6.45, 7) is 6.08. The molecule has 2 aliphatic rings. The second kappa shape index (κ2) is 7.37. The van der Waals surface area contributed by atoms with Gasteiger partial charge in [0.05, 0.1) is 5.39 Å². The van der Waals surface area contributed by atoms with Gasteiger partial charge in [-0.25, -0.2) is 9.97 Å². The highest BCUT2D eigenvalue weighted by Crippen LogP contribution is 2.39. The van der Waals surface area contributed by atoms with Crippen molar-refractivity contribution in [3.8, 4) is 22.6 Å². The van der Waals surface area contributed by atoms with E-state index in [-0.39, 0.29) is 12.7 Å². The number of hydrogen-bond donors (Lipinski definition) is 1. The zero-order chi connectivity index (χ0) is 20.7. The minimum atomic E-state index is -0.00955. The Morgan fingerprint density at radius 2 is 2.17 bits per heavy atom. The van der Waals surface area contributed by atoms with Crippen LogP contribution in [0.1, 0.15) is 12.8 Å². The van der Waals surface area contributed by atoms with Crippen molar-refractivity contribution in [2.45, 2.75) is 19.4 Å². The molecule has 5 rings (SSSR count). The summed E-state index contributed by atoms with van der Waals surface area (Å²) in [5.41, 5.74) is 8.97. The van der Waals surface area contributed by atoms with Gasteiger partial charge in [-0.1, -0.05) is 12.6 Å². The molecule has 2 N–H and O–H groups in total. The van der Waals surface area contributed by atoms with Crippen molar-refractivity contribution >= 4 is 22.8 Å². The van der Waals surface area contributed by atoms with Crippen LogP contribution in [-0.4, -0.2) is 45.2 Å². The molecule has 30 heavy (non-hydrogen) atoms. The molecule has 1 amide bonds. The number of rotatable bonds is 4. The first-order valence-corrected chi connectivity index (χ1v) is 10.0. The van der Waals surface area contributed by atoms with Gasteiger partial charge in [-0.3, -0.25) is 4.79 Å². The molecule has 0 spiro atoms. The number of likely N-dealkylation sites (tertiary alicyclic amines) is 1. The maximum atomic E-state index is 12.0. The largest absolute Gasteiger partial charge is 0.454 e. The van der Waals surface area contributed by atoms with Gasteiger partial charge in [-0.15, -0.1) is 0 Å². The molecule has 1 aromatic carbocycles. The first-order valence-electron chi connectivity index (χ1n) is 10.0. The molecule has 1 saturated heterocycles. The Kier molecular flexibility index (Phi) is 4.54. The Hall–Kier alpha value is -3.55. The van der Waals surface area contributed by atoms with Crippen LogP contribution < -0.4 is 15.2 Å². The molecule has 0 bridgehead atoms. The lowest BCUT2D eigenvalue weighted by Gasteiger charge is -2.32. The van der Waals surface area contributed by atoms with Gasteiger partial charge in [0.2, 0.25) is 12.7 Å². The summed E-state index contributed by atoms with van der Waals surface area (Å²) in [6.07, 6.45) is 6.99. The van der Waals surface area contributed by atoms with Crippen LogP contribution >= 0.6 is 0 Å². The lowest BCUT2D eigenvalue weighted by Crippen LogP contribution is -2.40. The monoisotopic (exact) mass is 405 g/mol. The molecule has 2 aliphatic heterocycles. The summed E-state index contributed by atoms with van der Waals surface area (Å²) in [5.74, 6) is 2.22. The maximum Gasteiger partial charge on any atom is 0.245 e. The van der Waals surface area contributed by atoms with Crippen molar-refractivity contribution in [2.24, 2.45) is 5.92 Å². The van der Waals surface area contributed by atoms with Crippen molar-refractivity contribution in [3.05, 3.63) is 43.4 Å². The minimum absolute atomic E-state index is 0.00955.